The Balaban J connectivity index is 1.87. The fourth-order valence-electron chi connectivity index (χ4n) is 2.84. The molecule has 1 saturated heterocycles. The number of alkyl halides is 2. The zero-order valence-electron chi connectivity index (χ0n) is 14.5. The molecule has 27 heavy (non-hydrogen) atoms. The lowest BCUT2D eigenvalue weighted by molar-refractivity contribution is -0.123. The summed E-state index contributed by atoms with van der Waals surface area (Å²) in [5.74, 6) is -0.325. The predicted octanol–water partition coefficient (Wildman–Crippen LogP) is 3.04. The molecule has 0 spiro atoms. The van der Waals surface area contributed by atoms with E-state index in [1.54, 1.807) is 30.3 Å². The molecule has 2 amide bonds. The Morgan fingerprint density at radius 1 is 1.22 bits per heavy atom. The third-order valence-electron chi connectivity index (χ3n) is 4.21. The molecule has 0 saturated carbocycles. The summed E-state index contributed by atoms with van der Waals surface area (Å²) in [5, 5.41) is 5.32. The summed E-state index contributed by atoms with van der Waals surface area (Å²) in [6, 6.07) is 11.2. The van der Waals surface area contributed by atoms with Gasteiger partial charge in [0, 0.05) is 24.2 Å². The summed E-state index contributed by atoms with van der Waals surface area (Å²) in [6.07, 6.45) is 0.129. The average Bonchev–Trinajstić information content (AvgIpc) is 3.09. The lowest BCUT2D eigenvalue weighted by Gasteiger charge is -2.15. The third kappa shape index (κ3) is 4.52. The summed E-state index contributed by atoms with van der Waals surface area (Å²) >= 11 is 0. The maximum absolute atomic E-state index is 12.7. The maximum atomic E-state index is 12.7. The van der Waals surface area contributed by atoms with Gasteiger partial charge in [0.05, 0.1) is 13.0 Å². The fraction of sp³-hybridized carbons (Fsp3) is 0.263. The van der Waals surface area contributed by atoms with Crippen molar-refractivity contribution < 1.29 is 27.8 Å². The smallest absolute Gasteiger partial charge is 0.387 e. The van der Waals surface area contributed by atoms with E-state index in [-0.39, 0.29) is 30.5 Å². The monoisotopic (exact) mass is 376 g/mol. The van der Waals surface area contributed by atoms with Crippen LogP contribution in [-0.4, -0.2) is 32.1 Å². The SMILES string of the molecule is COc1ccc(-c2cc(NC(=O)[C@H]3CNC(=O)C3)ccc2OC(F)F)cc1. The summed E-state index contributed by atoms with van der Waals surface area (Å²) in [5.41, 5.74) is 1.45. The molecule has 6 nitrogen and oxygen atoms in total. The normalized spacial score (nSPS) is 16.1. The van der Waals surface area contributed by atoms with Crippen LogP contribution in [0, 0.1) is 5.92 Å². The van der Waals surface area contributed by atoms with Crippen LogP contribution in [0.15, 0.2) is 42.5 Å². The van der Waals surface area contributed by atoms with Crippen LogP contribution < -0.4 is 20.1 Å². The Morgan fingerprint density at radius 3 is 2.56 bits per heavy atom. The van der Waals surface area contributed by atoms with Crippen LogP contribution >= 0.6 is 0 Å². The van der Waals surface area contributed by atoms with Crippen LogP contribution in [-0.2, 0) is 9.59 Å². The van der Waals surface area contributed by atoms with Crippen molar-refractivity contribution in [3.63, 3.8) is 0 Å². The van der Waals surface area contributed by atoms with Crippen molar-refractivity contribution in [3.8, 4) is 22.6 Å². The summed E-state index contributed by atoms with van der Waals surface area (Å²) in [4.78, 5) is 23.5. The number of carbonyl (C=O) groups is 2. The van der Waals surface area contributed by atoms with Crippen molar-refractivity contribution in [2.75, 3.05) is 19.0 Å². The van der Waals surface area contributed by atoms with Crippen molar-refractivity contribution in [1.82, 2.24) is 5.32 Å². The lowest BCUT2D eigenvalue weighted by Crippen LogP contribution is -2.24. The molecule has 0 unspecified atom stereocenters. The summed E-state index contributed by atoms with van der Waals surface area (Å²) in [6.45, 7) is -2.69. The van der Waals surface area contributed by atoms with Crippen LogP contribution in [0.1, 0.15) is 6.42 Å². The number of hydrogen-bond donors (Lipinski definition) is 2. The number of methoxy groups -OCH3 is 1. The van der Waals surface area contributed by atoms with E-state index >= 15 is 0 Å². The Kier molecular flexibility index (Phi) is 5.54. The van der Waals surface area contributed by atoms with Gasteiger partial charge < -0.3 is 20.1 Å². The molecule has 2 aromatic rings. The van der Waals surface area contributed by atoms with E-state index in [1.165, 1.54) is 19.2 Å². The Hall–Kier alpha value is -3.16. The van der Waals surface area contributed by atoms with E-state index in [0.29, 0.717) is 22.6 Å². The first-order valence-corrected chi connectivity index (χ1v) is 8.27. The van der Waals surface area contributed by atoms with Crippen LogP contribution in [0.2, 0.25) is 0 Å². The van der Waals surface area contributed by atoms with Gasteiger partial charge in [0.2, 0.25) is 11.8 Å². The number of benzene rings is 2. The number of anilines is 1. The van der Waals surface area contributed by atoms with E-state index in [4.69, 9.17) is 4.74 Å². The molecule has 0 aromatic heterocycles. The second-order valence-corrected chi connectivity index (χ2v) is 6.01. The van der Waals surface area contributed by atoms with E-state index < -0.39 is 12.5 Å². The number of amides is 2. The molecular formula is C19H18F2N2O4. The molecule has 0 aliphatic carbocycles. The molecule has 1 aliphatic heterocycles. The van der Waals surface area contributed by atoms with Gasteiger partial charge in [0.1, 0.15) is 11.5 Å². The van der Waals surface area contributed by atoms with Crippen molar-refractivity contribution in [1.29, 1.82) is 0 Å². The predicted molar refractivity (Wildman–Crippen MR) is 94.8 cm³/mol. The van der Waals surface area contributed by atoms with Gasteiger partial charge in [-0.2, -0.15) is 8.78 Å². The third-order valence-corrected chi connectivity index (χ3v) is 4.21. The molecule has 142 valence electrons. The van der Waals surface area contributed by atoms with Gasteiger partial charge >= 0.3 is 6.61 Å². The highest BCUT2D eigenvalue weighted by Crippen LogP contribution is 2.34. The van der Waals surface area contributed by atoms with Gasteiger partial charge in [0.15, 0.2) is 0 Å². The van der Waals surface area contributed by atoms with Crippen molar-refractivity contribution in [3.05, 3.63) is 42.5 Å². The van der Waals surface area contributed by atoms with E-state index in [1.807, 2.05) is 0 Å². The molecule has 2 aromatic carbocycles. The zero-order valence-corrected chi connectivity index (χ0v) is 14.5. The average molecular weight is 376 g/mol. The van der Waals surface area contributed by atoms with Crippen LogP contribution in [0.4, 0.5) is 14.5 Å². The first-order valence-electron chi connectivity index (χ1n) is 8.27. The highest BCUT2D eigenvalue weighted by molar-refractivity contribution is 5.97. The molecule has 2 N–H and O–H groups in total. The second kappa shape index (κ2) is 8.03. The number of hydrogen-bond acceptors (Lipinski definition) is 4. The molecule has 1 atom stereocenters. The molecule has 1 heterocycles. The highest BCUT2D eigenvalue weighted by atomic mass is 19.3. The van der Waals surface area contributed by atoms with Crippen LogP contribution in [0.25, 0.3) is 11.1 Å². The fourth-order valence-corrected chi connectivity index (χ4v) is 2.84. The molecule has 1 fully saturated rings. The van der Waals surface area contributed by atoms with Gasteiger partial charge in [-0.15, -0.1) is 0 Å². The van der Waals surface area contributed by atoms with Gasteiger partial charge in [-0.05, 0) is 35.9 Å². The van der Waals surface area contributed by atoms with Gasteiger partial charge in [-0.25, -0.2) is 0 Å². The molecular weight excluding hydrogens is 358 g/mol. The van der Waals surface area contributed by atoms with E-state index in [2.05, 4.69) is 15.4 Å². The molecule has 0 bridgehead atoms. The van der Waals surface area contributed by atoms with Gasteiger partial charge in [-0.1, -0.05) is 12.1 Å². The minimum atomic E-state index is -2.97. The van der Waals surface area contributed by atoms with Crippen molar-refractivity contribution >= 4 is 17.5 Å². The minimum absolute atomic E-state index is 0.00845. The zero-order chi connectivity index (χ0) is 19.4. The second-order valence-electron chi connectivity index (χ2n) is 6.01. The molecule has 1 aliphatic rings. The molecule has 0 radical (unpaired) electrons. The van der Waals surface area contributed by atoms with Crippen LogP contribution in [0.3, 0.4) is 0 Å². The maximum Gasteiger partial charge on any atom is 0.387 e. The number of ether oxygens (including phenoxy) is 2. The lowest BCUT2D eigenvalue weighted by atomic mass is 10.0. The van der Waals surface area contributed by atoms with Crippen LogP contribution in [0.5, 0.6) is 11.5 Å². The summed E-state index contributed by atoms with van der Waals surface area (Å²) in [7, 11) is 1.53. The van der Waals surface area contributed by atoms with Crippen molar-refractivity contribution in [2.24, 2.45) is 5.92 Å². The van der Waals surface area contributed by atoms with Gasteiger partial charge in [-0.3, -0.25) is 9.59 Å². The standard InChI is InChI=1S/C19H18F2N2O4/c1-26-14-5-2-11(3-6-14)15-9-13(4-7-16(15)27-19(20)21)23-18(25)12-8-17(24)22-10-12/h2-7,9,12,19H,8,10H2,1H3,(H,22,24)(H,23,25)/t12-/m1/s1. The number of carbonyl (C=O) groups excluding carboxylic acids is 2. The molecule has 8 heteroatoms. The Morgan fingerprint density at radius 2 is 1.96 bits per heavy atom. The largest absolute Gasteiger partial charge is 0.497 e. The van der Waals surface area contributed by atoms with E-state index in [9.17, 15) is 18.4 Å². The quantitative estimate of drug-likeness (QED) is 0.813. The minimum Gasteiger partial charge on any atom is -0.497 e. The summed E-state index contributed by atoms with van der Waals surface area (Å²) < 4.78 is 35.2. The highest BCUT2D eigenvalue weighted by Gasteiger charge is 2.28. The molecule has 3 rings (SSSR count). The number of halogens is 2. The number of nitrogens with one attached hydrogen (secondary N) is 2. The van der Waals surface area contributed by atoms with Crippen molar-refractivity contribution in [2.45, 2.75) is 13.0 Å². The Bertz CT molecular complexity index is 840. The van der Waals surface area contributed by atoms with Gasteiger partial charge in [0.25, 0.3) is 0 Å². The topological polar surface area (TPSA) is 76.7 Å². The number of rotatable bonds is 6. The van der Waals surface area contributed by atoms with E-state index in [0.717, 1.165) is 0 Å². The Labute approximate surface area is 154 Å². The first-order chi connectivity index (χ1) is 13.0. The first kappa shape index (κ1) is 18.6.